The number of carbonyl (C=O) groups excluding carboxylic acids is 2. The topological polar surface area (TPSA) is 98.4 Å². The zero-order chi connectivity index (χ0) is 24.8. The molecule has 1 aromatic heterocycles. The van der Waals surface area contributed by atoms with E-state index in [1.54, 1.807) is 34.1 Å². The first-order valence-electron chi connectivity index (χ1n) is 11.9. The molecule has 2 aromatic carbocycles. The van der Waals surface area contributed by atoms with Gasteiger partial charge in [-0.15, -0.1) is 0 Å². The predicted octanol–water partition coefficient (Wildman–Crippen LogP) is 2.33. The lowest BCUT2D eigenvalue weighted by Gasteiger charge is -2.35. The predicted molar refractivity (Wildman–Crippen MR) is 132 cm³/mol. The van der Waals surface area contributed by atoms with Crippen LogP contribution in [0.1, 0.15) is 40.9 Å². The van der Waals surface area contributed by atoms with Crippen molar-refractivity contribution >= 4 is 22.6 Å². The summed E-state index contributed by atoms with van der Waals surface area (Å²) in [6, 6.07) is 11.6. The van der Waals surface area contributed by atoms with Crippen molar-refractivity contribution in [2.45, 2.75) is 25.7 Å². The van der Waals surface area contributed by atoms with Crippen molar-refractivity contribution in [1.82, 2.24) is 25.3 Å². The van der Waals surface area contributed by atoms with Crippen LogP contribution in [0.2, 0.25) is 0 Å². The van der Waals surface area contributed by atoms with Gasteiger partial charge in [0.25, 0.3) is 11.5 Å². The Labute approximate surface area is 203 Å². The molecule has 4 rings (SSSR count). The highest BCUT2D eigenvalue weighted by atomic mass is 19.1. The lowest BCUT2D eigenvalue weighted by atomic mass is 10.0. The van der Waals surface area contributed by atoms with E-state index in [-0.39, 0.29) is 22.9 Å². The molecule has 0 unspecified atom stereocenters. The van der Waals surface area contributed by atoms with Gasteiger partial charge < -0.3 is 15.1 Å². The zero-order valence-corrected chi connectivity index (χ0v) is 19.8. The first-order valence-corrected chi connectivity index (χ1v) is 11.9. The number of hydrogen-bond acceptors (Lipinski definition) is 5. The van der Waals surface area contributed by atoms with Crippen LogP contribution >= 0.6 is 0 Å². The number of halogens is 1. The molecule has 3 aromatic rings. The van der Waals surface area contributed by atoms with Crippen molar-refractivity contribution in [2.75, 3.05) is 39.8 Å². The van der Waals surface area contributed by atoms with Crippen LogP contribution in [0.15, 0.2) is 47.3 Å². The van der Waals surface area contributed by atoms with Crippen LogP contribution in [0.4, 0.5) is 4.39 Å². The van der Waals surface area contributed by atoms with E-state index in [1.807, 2.05) is 19.2 Å². The monoisotopic (exact) mass is 479 g/mol. The lowest BCUT2D eigenvalue weighted by Crippen LogP contribution is -2.50. The number of piperazine rings is 1. The van der Waals surface area contributed by atoms with E-state index >= 15 is 0 Å². The van der Waals surface area contributed by atoms with Crippen molar-refractivity contribution in [3.63, 3.8) is 0 Å². The van der Waals surface area contributed by atoms with Gasteiger partial charge in [-0.05, 0) is 50.2 Å². The van der Waals surface area contributed by atoms with Gasteiger partial charge in [-0.3, -0.25) is 14.4 Å². The minimum absolute atomic E-state index is 0.00284. The number of nitrogens with one attached hydrogen (secondary N) is 2. The molecule has 1 aliphatic rings. The van der Waals surface area contributed by atoms with Crippen molar-refractivity contribution in [1.29, 1.82) is 0 Å². The SMILES string of the molecule is CNCCCCC(=O)N1CCN(C(=O)c2cc(Cc3n[nH]c(=O)c4ccccc34)ccc2F)CC1. The molecule has 0 aliphatic carbocycles. The fourth-order valence-electron chi connectivity index (χ4n) is 4.41. The zero-order valence-electron chi connectivity index (χ0n) is 19.8. The van der Waals surface area contributed by atoms with Crippen LogP contribution in [0.3, 0.4) is 0 Å². The van der Waals surface area contributed by atoms with Crippen LogP contribution in [-0.2, 0) is 11.2 Å². The van der Waals surface area contributed by atoms with Gasteiger partial charge in [0.15, 0.2) is 0 Å². The fourth-order valence-corrected chi connectivity index (χ4v) is 4.41. The minimum atomic E-state index is -0.582. The number of carbonyl (C=O) groups is 2. The highest BCUT2D eigenvalue weighted by Gasteiger charge is 2.26. The van der Waals surface area contributed by atoms with E-state index < -0.39 is 5.82 Å². The standard InChI is InChI=1S/C26H30FN5O3/c1-28-11-5-4-8-24(33)31-12-14-32(15-13-31)26(35)21-16-18(9-10-22(21)27)17-23-19-6-2-3-7-20(19)25(34)30-29-23/h2-3,6-7,9-10,16,28H,4-5,8,11-15,17H2,1H3,(H,30,34). The Hall–Kier alpha value is -3.59. The smallest absolute Gasteiger partial charge is 0.272 e. The molecular weight excluding hydrogens is 449 g/mol. The molecule has 1 aliphatic heterocycles. The summed E-state index contributed by atoms with van der Waals surface area (Å²) in [5.41, 5.74) is 1.10. The number of H-pyrrole nitrogens is 1. The summed E-state index contributed by atoms with van der Waals surface area (Å²) in [5.74, 6) is -0.868. The summed E-state index contributed by atoms with van der Waals surface area (Å²) < 4.78 is 14.6. The average Bonchev–Trinajstić information content (AvgIpc) is 2.89. The average molecular weight is 480 g/mol. The molecule has 2 amide bonds. The van der Waals surface area contributed by atoms with Crippen LogP contribution in [0.25, 0.3) is 10.8 Å². The lowest BCUT2D eigenvalue weighted by molar-refractivity contribution is -0.132. The second kappa shape index (κ2) is 11.2. The third kappa shape index (κ3) is 5.74. The quantitative estimate of drug-likeness (QED) is 0.483. The summed E-state index contributed by atoms with van der Waals surface area (Å²) in [4.78, 5) is 40.9. The second-order valence-electron chi connectivity index (χ2n) is 8.77. The fraction of sp³-hybridized carbons (Fsp3) is 0.385. The van der Waals surface area contributed by atoms with E-state index in [0.29, 0.717) is 50.1 Å². The highest BCUT2D eigenvalue weighted by Crippen LogP contribution is 2.20. The molecule has 0 radical (unpaired) electrons. The van der Waals surface area contributed by atoms with Crippen LogP contribution in [0.5, 0.6) is 0 Å². The van der Waals surface area contributed by atoms with E-state index in [9.17, 15) is 18.8 Å². The third-order valence-corrected chi connectivity index (χ3v) is 6.39. The Bertz CT molecular complexity index is 1270. The number of fused-ring (bicyclic) bond motifs is 1. The minimum Gasteiger partial charge on any atom is -0.339 e. The van der Waals surface area contributed by atoms with E-state index in [2.05, 4.69) is 15.5 Å². The molecule has 184 valence electrons. The van der Waals surface area contributed by atoms with Crippen LogP contribution in [-0.4, -0.2) is 71.6 Å². The summed E-state index contributed by atoms with van der Waals surface area (Å²) in [5, 5.41) is 11.0. The number of nitrogens with zero attached hydrogens (tertiary/aromatic N) is 3. The highest BCUT2D eigenvalue weighted by molar-refractivity contribution is 5.95. The maximum atomic E-state index is 14.6. The van der Waals surface area contributed by atoms with Crippen molar-refractivity contribution in [3.8, 4) is 0 Å². The van der Waals surface area contributed by atoms with Crippen molar-refractivity contribution in [3.05, 3.63) is 75.5 Å². The van der Waals surface area contributed by atoms with Crippen molar-refractivity contribution in [2.24, 2.45) is 0 Å². The Morgan fingerprint density at radius 1 is 1.03 bits per heavy atom. The molecule has 2 N–H and O–H groups in total. The van der Waals surface area contributed by atoms with E-state index in [1.165, 1.54) is 6.07 Å². The molecule has 0 bridgehead atoms. The third-order valence-electron chi connectivity index (χ3n) is 6.39. The van der Waals surface area contributed by atoms with E-state index in [0.717, 1.165) is 30.3 Å². The maximum absolute atomic E-state index is 14.6. The van der Waals surface area contributed by atoms with Gasteiger partial charge in [-0.2, -0.15) is 5.10 Å². The second-order valence-corrected chi connectivity index (χ2v) is 8.77. The van der Waals surface area contributed by atoms with Crippen molar-refractivity contribution < 1.29 is 14.0 Å². The van der Waals surface area contributed by atoms with Gasteiger partial charge in [0, 0.05) is 44.4 Å². The molecular formula is C26H30FN5O3. The number of aromatic amines is 1. The molecule has 0 saturated carbocycles. The number of hydrogen-bond donors (Lipinski definition) is 2. The molecule has 9 heteroatoms. The summed E-state index contributed by atoms with van der Waals surface area (Å²) in [7, 11) is 1.89. The molecule has 1 saturated heterocycles. The summed E-state index contributed by atoms with van der Waals surface area (Å²) in [6.45, 7) is 2.53. The number of unbranched alkanes of at least 4 members (excludes halogenated alkanes) is 1. The van der Waals surface area contributed by atoms with Gasteiger partial charge in [0.05, 0.1) is 16.6 Å². The summed E-state index contributed by atoms with van der Waals surface area (Å²) in [6.07, 6.45) is 2.62. The first kappa shape index (κ1) is 24.5. The first-order chi connectivity index (χ1) is 17.0. The van der Waals surface area contributed by atoms with Gasteiger partial charge in [0.1, 0.15) is 5.82 Å². The van der Waals surface area contributed by atoms with Gasteiger partial charge in [-0.25, -0.2) is 9.49 Å². The molecule has 0 spiro atoms. The van der Waals surface area contributed by atoms with Gasteiger partial charge in [0.2, 0.25) is 5.91 Å². The Balaban J connectivity index is 1.42. The Morgan fingerprint density at radius 3 is 2.49 bits per heavy atom. The molecule has 1 fully saturated rings. The Kier molecular flexibility index (Phi) is 7.87. The molecule has 8 nitrogen and oxygen atoms in total. The number of aromatic nitrogens is 2. The Morgan fingerprint density at radius 2 is 1.74 bits per heavy atom. The normalized spacial score (nSPS) is 13.9. The van der Waals surface area contributed by atoms with Crippen LogP contribution < -0.4 is 10.9 Å². The molecule has 35 heavy (non-hydrogen) atoms. The number of benzene rings is 2. The number of amides is 2. The van der Waals surface area contributed by atoms with Crippen LogP contribution in [0, 0.1) is 5.82 Å². The number of rotatable bonds is 8. The van der Waals surface area contributed by atoms with E-state index in [4.69, 9.17) is 0 Å². The maximum Gasteiger partial charge on any atom is 0.272 e. The summed E-state index contributed by atoms with van der Waals surface area (Å²) >= 11 is 0. The molecule has 2 heterocycles. The van der Waals surface area contributed by atoms with Gasteiger partial charge >= 0.3 is 0 Å². The van der Waals surface area contributed by atoms with Gasteiger partial charge in [-0.1, -0.05) is 24.3 Å². The molecule has 0 atom stereocenters. The largest absolute Gasteiger partial charge is 0.339 e.